The van der Waals surface area contributed by atoms with E-state index in [2.05, 4.69) is 10.2 Å². The van der Waals surface area contributed by atoms with E-state index < -0.39 is 23.7 Å². The van der Waals surface area contributed by atoms with Gasteiger partial charge in [0.1, 0.15) is 11.3 Å². The summed E-state index contributed by atoms with van der Waals surface area (Å²) in [5.41, 5.74) is 0.230. The number of hydrogen-bond donors (Lipinski definition) is 2. The molecule has 28 heavy (non-hydrogen) atoms. The van der Waals surface area contributed by atoms with Crippen molar-refractivity contribution >= 4 is 18.1 Å². The highest BCUT2D eigenvalue weighted by atomic mass is 19.4. The zero-order valence-corrected chi connectivity index (χ0v) is 14.9. The van der Waals surface area contributed by atoms with Gasteiger partial charge in [0.05, 0.1) is 20.4 Å². The molecule has 2 aromatic rings. The first-order chi connectivity index (χ1) is 13.1. The summed E-state index contributed by atoms with van der Waals surface area (Å²) < 4.78 is 48.8. The largest absolute Gasteiger partial charge is 0.493 e. The van der Waals surface area contributed by atoms with Crippen LogP contribution in [0, 0.1) is 0 Å². The Morgan fingerprint density at radius 1 is 1.29 bits per heavy atom. The van der Waals surface area contributed by atoms with E-state index in [9.17, 15) is 27.9 Å². The summed E-state index contributed by atoms with van der Waals surface area (Å²) in [5.74, 6) is -2.16. The van der Waals surface area contributed by atoms with E-state index in [1.165, 1.54) is 33.4 Å². The number of carboxylic acids is 1. The number of aromatic nitrogens is 2. The lowest BCUT2D eigenvalue weighted by Gasteiger charge is -2.12. The van der Waals surface area contributed by atoms with Crippen LogP contribution in [0.4, 0.5) is 13.2 Å². The second-order valence-electron chi connectivity index (χ2n) is 5.31. The third-order valence-corrected chi connectivity index (χ3v) is 3.56. The van der Waals surface area contributed by atoms with Crippen LogP contribution in [0.15, 0.2) is 23.3 Å². The van der Waals surface area contributed by atoms with Crippen LogP contribution in [-0.4, -0.2) is 47.2 Å². The van der Waals surface area contributed by atoms with Crippen LogP contribution in [0.25, 0.3) is 0 Å². The number of carboxylic acid groups (broad SMARTS) is 1. The number of amides is 1. The normalized spacial score (nSPS) is 11.5. The number of ether oxygens (including phenoxy) is 2. The van der Waals surface area contributed by atoms with Crippen molar-refractivity contribution in [2.45, 2.75) is 6.18 Å². The molecule has 0 aliphatic heterocycles. The molecule has 2 rings (SSSR count). The van der Waals surface area contributed by atoms with Gasteiger partial charge in [0, 0.05) is 18.7 Å². The number of hydrogen-bond acceptors (Lipinski definition) is 6. The SMILES string of the molecule is COc1ccc(C=NNC(=O)c2cc(C(F)(F)F)nn2C)c(C(=O)O)c1OC. The van der Waals surface area contributed by atoms with E-state index in [-0.39, 0.29) is 28.3 Å². The lowest BCUT2D eigenvalue weighted by molar-refractivity contribution is -0.141. The molecule has 9 nitrogen and oxygen atoms in total. The minimum absolute atomic E-state index is 0.0493. The van der Waals surface area contributed by atoms with Crippen molar-refractivity contribution in [2.75, 3.05) is 14.2 Å². The van der Waals surface area contributed by atoms with Gasteiger partial charge in [-0.1, -0.05) is 0 Å². The maximum atomic E-state index is 12.7. The van der Waals surface area contributed by atoms with Crippen molar-refractivity contribution in [3.63, 3.8) is 0 Å². The van der Waals surface area contributed by atoms with E-state index in [1.54, 1.807) is 0 Å². The van der Waals surface area contributed by atoms with Gasteiger partial charge in [-0.05, 0) is 12.1 Å². The molecular formula is C16H15F3N4O5. The molecule has 150 valence electrons. The molecule has 2 N–H and O–H groups in total. The smallest absolute Gasteiger partial charge is 0.435 e. The number of nitrogens with zero attached hydrogens (tertiary/aromatic N) is 3. The van der Waals surface area contributed by atoms with Crippen LogP contribution in [0.2, 0.25) is 0 Å². The summed E-state index contributed by atoms with van der Waals surface area (Å²) in [6.45, 7) is 0. The lowest BCUT2D eigenvalue weighted by Crippen LogP contribution is -2.21. The van der Waals surface area contributed by atoms with Gasteiger partial charge in [0.2, 0.25) is 0 Å². The predicted octanol–water partition coefficient (Wildman–Crippen LogP) is 1.92. The first-order valence-corrected chi connectivity index (χ1v) is 7.53. The Kier molecular flexibility index (Phi) is 5.91. The van der Waals surface area contributed by atoms with Crippen molar-refractivity contribution in [1.29, 1.82) is 0 Å². The molecule has 0 saturated heterocycles. The third-order valence-electron chi connectivity index (χ3n) is 3.56. The molecule has 0 radical (unpaired) electrons. The van der Waals surface area contributed by atoms with Crippen molar-refractivity contribution in [2.24, 2.45) is 12.1 Å². The molecule has 1 aromatic carbocycles. The van der Waals surface area contributed by atoms with Crippen LogP contribution in [0.5, 0.6) is 11.5 Å². The van der Waals surface area contributed by atoms with E-state index in [0.29, 0.717) is 6.07 Å². The maximum Gasteiger partial charge on any atom is 0.435 e. The molecule has 0 saturated carbocycles. The number of alkyl halides is 3. The molecule has 0 aliphatic carbocycles. The van der Waals surface area contributed by atoms with Crippen LogP contribution in [0.1, 0.15) is 32.1 Å². The fourth-order valence-corrected chi connectivity index (χ4v) is 2.31. The van der Waals surface area contributed by atoms with E-state index in [4.69, 9.17) is 9.47 Å². The first-order valence-electron chi connectivity index (χ1n) is 7.53. The van der Waals surface area contributed by atoms with Gasteiger partial charge in [0.25, 0.3) is 5.91 Å². The Morgan fingerprint density at radius 3 is 2.46 bits per heavy atom. The van der Waals surface area contributed by atoms with Crippen LogP contribution >= 0.6 is 0 Å². The lowest BCUT2D eigenvalue weighted by atomic mass is 10.1. The molecule has 0 bridgehead atoms. The van der Waals surface area contributed by atoms with Crippen LogP contribution in [0.3, 0.4) is 0 Å². The summed E-state index contributed by atoms with van der Waals surface area (Å²) in [5, 5.41) is 16.2. The highest BCUT2D eigenvalue weighted by Gasteiger charge is 2.35. The number of methoxy groups -OCH3 is 2. The van der Waals surface area contributed by atoms with Gasteiger partial charge in [-0.2, -0.15) is 23.4 Å². The van der Waals surface area contributed by atoms with Crippen LogP contribution < -0.4 is 14.9 Å². The zero-order valence-electron chi connectivity index (χ0n) is 14.9. The Morgan fingerprint density at radius 2 is 1.96 bits per heavy atom. The Labute approximate surface area is 156 Å². The first kappa shape index (κ1) is 20.7. The molecule has 12 heteroatoms. The summed E-state index contributed by atoms with van der Waals surface area (Å²) >= 11 is 0. The number of halogens is 3. The average molecular weight is 400 g/mol. The Bertz CT molecular complexity index is 937. The second-order valence-corrected chi connectivity index (χ2v) is 5.31. The fourth-order valence-electron chi connectivity index (χ4n) is 2.31. The molecule has 1 heterocycles. The molecule has 0 unspecified atom stereocenters. The van der Waals surface area contributed by atoms with Crippen molar-refractivity contribution in [3.8, 4) is 11.5 Å². The molecule has 0 aliphatic rings. The van der Waals surface area contributed by atoms with Gasteiger partial charge in [0.15, 0.2) is 17.2 Å². The standard InChI is InChI=1S/C16H15F3N4O5/c1-23-9(6-11(22-23)16(17,18)19)14(24)21-20-7-8-4-5-10(27-2)13(28-3)12(8)15(25)26/h4-7H,1-3H3,(H,21,24)(H,25,26). The molecule has 1 amide bonds. The zero-order chi connectivity index (χ0) is 21.1. The number of aromatic carboxylic acids is 1. The van der Waals surface area contributed by atoms with Crippen molar-refractivity contribution in [1.82, 2.24) is 15.2 Å². The number of benzene rings is 1. The molecular weight excluding hydrogens is 385 g/mol. The summed E-state index contributed by atoms with van der Waals surface area (Å²) in [4.78, 5) is 23.6. The van der Waals surface area contributed by atoms with Crippen LogP contribution in [-0.2, 0) is 13.2 Å². The van der Waals surface area contributed by atoms with Gasteiger partial charge in [-0.3, -0.25) is 9.48 Å². The van der Waals surface area contributed by atoms with Crippen molar-refractivity contribution < 1.29 is 37.3 Å². The van der Waals surface area contributed by atoms with Gasteiger partial charge in [-0.25, -0.2) is 10.2 Å². The minimum Gasteiger partial charge on any atom is -0.493 e. The monoisotopic (exact) mass is 400 g/mol. The van der Waals surface area contributed by atoms with Crippen molar-refractivity contribution in [3.05, 3.63) is 40.7 Å². The second kappa shape index (κ2) is 7.98. The summed E-state index contributed by atoms with van der Waals surface area (Å²) in [7, 11) is 3.76. The number of hydrazone groups is 1. The number of carbonyl (C=O) groups excluding carboxylic acids is 1. The average Bonchev–Trinajstić information content (AvgIpc) is 3.02. The Balaban J connectivity index is 2.27. The molecule has 1 aromatic heterocycles. The van der Waals surface area contributed by atoms with E-state index in [0.717, 1.165) is 10.9 Å². The molecule has 0 fully saturated rings. The quantitative estimate of drug-likeness (QED) is 0.566. The minimum atomic E-state index is -4.70. The topological polar surface area (TPSA) is 115 Å². The summed E-state index contributed by atoms with van der Waals surface area (Å²) in [6, 6.07) is 3.38. The highest BCUT2D eigenvalue weighted by Crippen LogP contribution is 2.33. The number of nitrogens with one attached hydrogen (secondary N) is 1. The van der Waals surface area contributed by atoms with Gasteiger partial charge < -0.3 is 14.6 Å². The molecule has 0 atom stereocenters. The van der Waals surface area contributed by atoms with E-state index in [1.807, 2.05) is 5.43 Å². The number of rotatable bonds is 6. The maximum absolute atomic E-state index is 12.7. The fraction of sp³-hybridized carbons (Fsp3) is 0.250. The van der Waals surface area contributed by atoms with Gasteiger partial charge >= 0.3 is 12.1 Å². The Hall–Kier alpha value is -3.57. The highest BCUT2D eigenvalue weighted by molar-refractivity contribution is 6.02. The predicted molar refractivity (Wildman–Crippen MR) is 89.8 cm³/mol. The van der Waals surface area contributed by atoms with Gasteiger partial charge in [-0.15, -0.1) is 0 Å². The van der Waals surface area contributed by atoms with E-state index >= 15 is 0 Å². The third kappa shape index (κ3) is 4.22. The summed E-state index contributed by atoms with van der Waals surface area (Å²) in [6.07, 6.45) is -3.68. The molecule has 0 spiro atoms. The number of carbonyl (C=O) groups is 2. The number of aryl methyl sites for hydroxylation is 1.